The molecule has 18 heavy (non-hydrogen) atoms. The van der Waals surface area contributed by atoms with Gasteiger partial charge in [-0.25, -0.2) is 0 Å². The largest absolute Gasteiger partial charge is 0.508 e. The van der Waals surface area contributed by atoms with Gasteiger partial charge in [0.25, 0.3) is 5.91 Å². The van der Waals surface area contributed by atoms with Crippen LogP contribution in [0.2, 0.25) is 0 Å². The molecule has 1 N–H and O–H groups in total. The molecule has 0 aliphatic carbocycles. The van der Waals surface area contributed by atoms with Gasteiger partial charge in [0.1, 0.15) is 5.75 Å². The Morgan fingerprint density at radius 1 is 1.44 bits per heavy atom. The number of rotatable bonds is 6. The van der Waals surface area contributed by atoms with Crippen molar-refractivity contribution >= 4 is 21.8 Å². The van der Waals surface area contributed by atoms with Gasteiger partial charge >= 0.3 is 0 Å². The van der Waals surface area contributed by atoms with Crippen molar-refractivity contribution in [3.05, 3.63) is 29.3 Å². The highest BCUT2D eigenvalue weighted by atomic mass is 79.9. The molecule has 0 radical (unpaired) electrons. The fourth-order valence-corrected chi connectivity index (χ4v) is 1.97. The maximum Gasteiger partial charge on any atom is 0.254 e. The molecule has 0 aliphatic rings. The van der Waals surface area contributed by atoms with E-state index in [0.717, 1.165) is 5.56 Å². The number of carbonyl (C=O) groups is 1. The lowest BCUT2D eigenvalue weighted by Gasteiger charge is -2.21. The smallest absolute Gasteiger partial charge is 0.254 e. The number of carbonyl (C=O) groups excluding carboxylic acids is 1. The predicted molar refractivity (Wildman–Crippen MR) is 74.4 cm³/mol. The maximum absolute atomic E-state index is 12.2. The molecule has 1 aromatic carbocycles. The number of halogens is 1. The topological polar surface area (TPSA) is 49.8 Å². The van der Waals surface area contributed by atoms with Crippen molar-refractivity contribution in [1.29, 1.82) is 0 Å². The lowest BCUT2D eigenvalue weighted by atomic mass is 10.1. The molecule has 0 atom stereocenters. The minimum atomic E-state index is -0.0956. The fourth-order valence-electron chi connectivity index (χ4n) is 1.54. The van der Waals surface area contributed by atoms with Crippen LogP contribution in [0.5, 0.6) is 5.75 Å². The van der Waals surface area contributed by atoms with E-state index in [4.69, 9.17) is 4.74 Å². The van der Waals surface area contributed by atoms with Gasteiger partial charge in [0.2, 0.25) is 0 Å². The Morgan fingerprint density at radius 2 is 2.17 bits per heavy atom. The highest BCUT2D eigenvalue weighted by Crippen LogP contribution is 2.18. The second-order valence-corrected chi connectivity index (χ2v) is 4.77. The molecule has 100 valence electrons. The molecule has 1 amide bonds. The van der Waals surface area contributed by atoms with Crippen molar-refractivity contribution in [2.75, 3.05) is 32.1 Å². The molecule has 1 aromatic rings. The molecule has 1 rings (SSSR count). The van der Waals surface area contributed by atoms with Crippen LogP contribution in [0.25, 0.3) is 0 Å². The van der Waals surface area contributed by atoms with Crippen molar-refractivity contribution in [1.82, 2.24) is 4.90 Å². The minimum Gasteiger partial charge on any atom is -0.508 e. The highest BCUT2D eigenvalue weighted by Gasteiger charge is 2.15. The number of hydrogen-bond donors (Lipinski definition) is 1. The summed E-state index contributed by atoms with van der Waals surface area (Å²) in [5, 5.41) is 10.3. The van der Waals surface area contributed by atoms with E-state index in [0.29, 0.717) is 30.6 Å². The third kappa shape index (κ3) is 3.99. The molecule has 0 heterocycles. The van der Waals surface area contributed by atoms with Crippen LogP contribution in [-0.2, 0) is 4.74 Å². The zero-order chi connectivity index (χ0) is 13.5. The van der Waals surface area contributed by atoms with Crippen molar-refractivity contribution in [2.45, 2.75) is 6.92 Å². The summed E-state index contributed by atoms with van der Waals surface area (Å²) >= 11 is 3.32. The number of phenols is 1. The summed E-state index contributed by atoms with van der Waals surface area (Å²) in [6.45, 7) is 3.44. The zero-order valence-electron chi connectivity index (χ0n) is 10.6. The summed E-state index contributed by atoms with van der Waals surface area (Å²) in [5.41, 5.74) is 1.26. The summed E-state index contributed by atoms with van der Waals surface area (Å²) < 4.78 is 4.99. The molecule has 0 saturated heterocycles. The number of methoxy groups -OCH3 is 1. The van der Waals surface area contributed by atoms with Gasteiger partial charge in [0, 0.05) is 31.1 Å². The lowest BCUT2D eigenvalue weighted by molar-refractivity contribution is 0.0708. The second kappa shape index (κ2) is 7.38. The van der Waals surface area contributed by atoms with E-state index in [2.05, 4.69) is 15.9 Å². The van der Waals surface area contributed by atoms with Crippen molar-refractivity contribution in [2.24, 2.45) is 0 Å². The third-order valence-corrected chi connectivity index (χ3v) is 3.02. The summed E-state index contributed by atoms with van der Waals surface area (Å²) in [5.74, 6) is 0.0492. The van der Waals surface area contributed by atoms with E-state index in [1.165, 1.54) is 6.07 Å². The van der Waals surface area contributed by atoms with Gasteiger partial charge < -0.3 is 14.7 Å². The summed E-state index contributed by atoms with van der Waals surface area (Å²) in [7, 11) is 1.61. The molecule has 4 nitrogen and oxygen atoms in total. The number of benzene rings is 1. The standard InChI is InChI=1S/C13H18BrNO3/c1-10-3-4-11(9-12(10)16)13(17)15(6-5-14)7-8-18-2/h3-4,9,16H,5-8H2,1-2H3. The molecule has 0 aliphatic heterocycles. The van der Waals surface area contributed by atoms with E-state index in [1.807, 2.05) is 0 Å². The number of aryl methyl sites for hydroxylation is 1. The van der Waals surface area contributed by atoms with E-state index >= 15 is 0 Å². The lowest BCUT2D eigenvalue weighted by Crippen LogP contribution is -2.35. The molecular weight excluding hydrogens is 298 g/mol. The Balaban J connectivity index is 2.83. The average molecular weight is 316 g/mol. The van der Waals surface area contributed by atoms with Crippen LogP contribution in [0.4, 0.5) is 0 Å². The zero-order valence-corrected chi connectivity index (χ0v) is 12.2. The van der Waals surface area contributed by atoms with Crippen molar-refractivity contribution < 1.29 is 14.6 Å². The molecule has 0 unspecified atom stereocenters. The Labute approximate surface area is 116 Å². The Hall–Kier alpha value is -1.07. The van der Waals surface area contributed by atoms with Crippen LogP contribution < -0.4 is 0 Å². The molecule has 0 bridgehead atoms. The number of amides is 1. The van der Waals surface area contributed by atoms with Crippen LogP contribution in [-0.4, -0.2) is 48.0 Å². The van der Waals surface area contributed by atoms with Crippen LogP contribution in [0.1, 0.15) is 15.9 Å². The summed E-state index contributed by atoms with van der Waals surface area (Å²) in [6, 6.07) is 4.97. The van der Waals surface area contributed by atoms with Gasteiger partial charge in [-0.1, -0.05) is 22.0 Å². The molecular formula is C13H18BrNO3. The first-order chi connectivity index (χ1) is 8.60. The number of phenolic OH excluding ortho intramolecular Hbond substituents is 1. The quantitative estimate of drug-likeness (QED) is 0.819. The van der Waals surface area contributed by atoms with Gasteiger partial charge in [-0.3, -0.25) is 4.79 Å². The number of nitrogens with zero attached hydrogens (tertiary/aromatic N) is 1. The van der Waals surface area contributed by atoms with Crippen LogP contribution in [0, 0.1) is 6.92 Å². The molecule has 5 heteroatoms. The van der Waals surface area contributed by atoms with Crippen molar-refractivity contribution in [3.8, 4) is 5.75 Å². The first-order valence-electron chi connectivity index (χ1n) is 5.74. The van der Waals surface area contributed by atoms with E-state index in [9.17, 15) is 9.90 Å². The monoisotopic (exact) mass is 315 g/mol. The number of hydrogen-bond acceptors (Lipinski definition) is 3. The van der Waals surface area contributed by atoms with Crippen LogP contribution in [0.3, 0.4) is 0 Å². The fraction of sp³-hybridized carbons (Fsp3) is 0.462. The molecule has 0 saturated carbocycles. The Bertz CT molecular complexity index is 409. The third-order valence-electron chi connectivity index (χ3n) is 2.66. The van der Waals surface area contributed by atoms with Gasteiger partial charge in [0.15, 0.2) is 0 Å². The van der Waals surface area contributed by atoms with E-state index in [1.54, 1.807) is 31.1 Å². The van der Waals surface area contributed by atoms with Gasteiger partial charge in [0.05, 0.1) is 6.61 Å². The number of aromatic hydroxyl groups is 1. The summed E-state index contributed by atoms with van der Waals surface area (Å²) in [6.07, 6.45) is 0. The Kier molecular flexibility index (Phi) is 6.15. The van der Waals surface area contributed by atoms with Crippen LogP contribution >= 0.6 is 15.9 Å². The molecule has 0 spiro atoms. The highest BCUT2D eigenvalue weighted by molar-refractivity contribution is 9.09. The second-order valence-electron chi connectivity index (χ2n) is 3.98. The SMILES string of the molecule is COCCN(CCBr)C(=O)c1ccc(C)c(O)c1. The first kappa shape index (κ1) is 15.0. The predicted octanol–water partition coefficient (Wildman–Crippen LogP) is 2.18. The van der Waals surface area contributed by atoms with Gasteiger partial charge in [-0.05, 0) is 24.6 Å². The summed E-state index contributed by atoms with van der Waals surface area (Å²) in [4.78, 5) is 13.9. The average Bonchev–Trinajstić information content (AvgIpc) is 2.37. The molecule has 0 fully saturated rings. The van der Waals surface area contributed by atoms with E-state index in [-0.39, 0.29) is 11.7 Å². The first-order valence-corrected chi connectivity index (χ1v) is 6.86. The maximum atomic E-state index is 12.2. The molecule has 0 aromatic heterocycles. The minimum absolute atomic E-state index is 0.0956. The number of alkyl halides is 1. The Morgan fingerprint density at radius 3 is 2.72 bits per heavy atom. The van der Waals surface area contributed by atoms with Gasteiger partial charge in [-0.15, -0.1) is 0 Å². The number of ether oxygens (including phenoxy) is 1. The van der Waals surface area contributed by atoms with Crippen LogP contribution in [0.15, 0.2) is 18.2 Å². The van der Waals surface area contributed by atoms with Crippen molar-refractivity contribution in [3.63, 3.8) is 0 Å². The van der Waals surface area contributed by atoms with E-state index < -0.39 is 0 Å². The van der Waals surface area contributed by atoms with Gasteiger partial charge in [-0.2, -0.15) is 0 Å². The normalized spacial score (nSPS) is 10.4.